The van der Waals surface area contributed by atoms with Crippen LogP contribution in [0.2, 0.25) is 0 Å². The highest BCUT2D eigenvalue weighted by Crippen LogP contribution is 2.13. The molecule has 116 valence electrons. The lowest BCUT2D eigenvalue weighted by atomic mass is 10.2. The van der Waals surface area contributed by atoms with E-state index in [1.54, 1.807) is 0 Å². The van der Waals surface area contributed by atoms with Gasteiger partial charge in [-0.15, -0.1) is 5.06 Å². The standard InChI is InChI=1S/C13H18N2O6/c1-3-5-9(14-13(19)20-8-4-2)12(18)21-15-10(16)6-7-11(15)17/h4,9H,2-3,5-8H2,1H3,(H,14,19). The molecule has 1 unspecified atom stereocenters. The zero-order valence-electron chi connectivity index (χ0n) is 11.8. The van der Waals surface area contributed by atoms with Gasteiger partial charge in [-0.25, -0.2) is 9.59 Å². The first-order valence-corrected chi connectivity index (χ1v) is 6.61. The second-order valence-corrected chi connectivity index (χ2v) is 4.36. The lowest BCUT2D eigenvalue weighted by molar-refractivity contribution is -0.199. The second-order valence-electron chi connectivity index (χ2n) is 4.36. The minimum absolute atomic E-state index is 0.00280. The molecule has 1 rings (SSSR count). The van der Waals surface area contributed by atoms with Crippen LogP contribution in [0.5, 0.6) is 0 Å². The van der Waals surface area contributed by atoms with Crippen LogP contribution >= 0.6 is 0 Å². The Kier molecular flexibility index (Phi) is 6.38. The number of nitrogens with zero attached hydrogens (tertiary/aromatic N) is 1. The normalized spacial score (nSPS) is 15.6. The monoisotopic (exact) mass is 298 g/mol. The van der Waals surface area contributed by atoms with Gasteiger partial charge in [0.25, 0.3) is 11.8 Å². The van der Waals surface area contributed by atoms with E-state index in [-0.39, 0.29) is 25.9 Å². The van der Waals surface area contributed by atoms with Gasteiger partial charge in [0.2, 0.25) is 0 Å². The Morgan fingerprint density at radius 1 is 1.38 bits per heavy atom. The van der Waals surface area contributed by atoms with E-state index in [0.717, 1.165) is 0 Å². The quantitative estimate of drug-likeness (QED) is 0.547. The molecule has 8 heteroatoms. The first-order valence-electron chi connectivity index (χ1n) is 6.61. The van der Waals surface area contributed by atoms with E-state index < -0.39 is 29.9 Å². The van der Waals surface area contributed by atoms with Gasteiger partial charge in [0.15, 0.2) is 0 Å². The molecule has 1 atom stereocenters. The Bertz CT molecular complexity index is 432. The molecule has 21 heavy (non-hydrogen) atoms. The van der Waals surface area contributed by atoms with Gasteiger partial charge in [0.05, 0.1) is 0 Å². The third-order valence-corrected chi connectivity index (χ3v) is 2.67. The molecule has 3 amide bonds. The van der Waals surface area contributed by atoms with E-state index in [1.807, 2.05) is 6.92 Å². The van der Waals surface area contributed by atoms with Crippen LogP contribution in [0.15, 0.2) is 12.7 Å². The maximum absolute atomic E-state index is 11.9. The number of amides is 3. The lowest BCUT2D eigenvalue weighted by Crippen LogP contribution is -2.45. The number of hydrogen-bond donors (Lipinski definition) is 1. The molecule has 0 spiro atoms. The topological polar surface area (TPSA) is 102 Å². The summed E-state index contributed by atoms with van der Waals surface area (Å²) in [6.45, 7) is 5.20. The number of carbonyl (C=O) groups excluding carboxylic acids is 4. The molecule has 1 aliphatic heterocycles. The average Bonchev–Trinajstić information content (AvgIpc) is 2.76. The summed E-state index contributed by atoms with van der Waals surface area (Å²) >= 11 is 0. The molecule has 1 heterocycles. The Morgan fingerprint density at radius 3 is 2.52 bits per heavy atom. The number of carbonyl (C=O) groups is 4. The fourth-order valence-electron chi connectivity index (χ4n) is 1.67. The summed E-state index contributed by atoms with van der Waals surface area (Å²) in [5, 5.41) is 2.77. The van der Waals surface area contributed by atoms with Crippen LogP contribution in [-0.4, -0.2) is 41.6 Å². The molecular weight excluding hydrogens is 280 g/mol. The van der Waals surface area contributed by atoms with Crippen molar-refractivity contribution in [2.75, 3.05) is 6.61 Å². The number of rotatable bonds is 7. The SMILES string of the molecule is C=CCOC(=O)NC(CCC)C(=O)ON1C(=O)CCC1=O. The van der Waals surface area contributed by atoms with Crippen molar-refractivity contribution in [1.82, 2.24) is 10.4 Å². The van der Waals surface area contributed by atoms with Gasteiger partial charge < -0.3 is 14.9 Å². The van der Waals surface area contributed by atoms with Gasteiger partial charge >= 0.3 is 12.1 Å². The third kappa shape index (κ3) is 4.90. The number of ether oxygens (including phenoxy) is 1. The van der Waals surface area contributed by atoms with Crippen molar-refractivity contribution < 1.29 is 28.8 Å². The van der Waals surface area contributed by atoms with Crippen LogP contribution in [0.25, 0.3) is 0 Å². The van der Waals surface area contributed by atoms with Crippen LogP contribution in [0.1, 0.15) is 32.6 Å². The average molecular weight is 298 g/mol. The zero-order chi connectivity index (χ0) is 15.8. The number of alkyl carbamates (subject to hydrolysis) is 1. The summed E-state index contributed by atoms with van der Waals surface area (Å²) in [6, 6.07) is -0.992. The first kappa shape index (κ1) is 16.7. The van der Waals surface area contributed by atoms with Gasteiger partial charge in [-0.05, 0) is 6.42 Å². The van der Waals surface area contributed by atoms with E-state index >= 15 is 0 Å². The fraction of sp³-hybridized carbons (Fsp3) is 0.538. The van der Waals surface area contributed by atoms with Gasteiger partial charge in [-0.2, -0.15) is 0 Å². The predicted molar refractivity (Wildman–Crippen MR) is 70.6 cm³/mol. The third-order valence-electron chi connectivity index (χ3n) is 2.67. The second kappa shape index (κ2) is 8.03. The summed E-state index contributed by atoms with van der Waals surface area (Å²) in [5.74, 6) is -2.02. The Hall–Kier alpha value is -2.38. The zero-order valence-corrected chi connectivity index (χ0v) is 11.8. The van der Waals surface area contributed by atoms with E-state index in [4.69, 9.17) is 9.57 Å². The predicted octanol–water partition coefficient (Wildman–Crippen LogP) is 0.674. The van der Waals surface area contributed by atoms with Gasteiger partial charge in [-0.1, -0.05) is 26.0 Å². The molecule has 1 N–H and O–H groups in total. The Labute approximate surface area is 122 Å². The Morgan fingerprint density at radius 2 is 2.00 bits per heavy atom. The highest BCUT2D eigenvalue weighted by molar-refractivity contribution is 6.01. The largest absolute Gasteiger partial charge is 0.445 e. The van der Waals surface area contributed by atoms with Crippen molar-refractivity contribution in [2.45, 2.75) is 38.6 Å². The smallest absolute Gasteiger partial charge is 0.408 e. The van der Waals surface area contributed by atoms with E-state index in [1.165, 1.54) is 6.08 Å². The van der Waals surface area contributed by atoms with E-state index in [9.17, 15) is 19.2 Å². The number of nitrogens with one attached hydrogen (secondary N) is 1. The highest BCUT2D eigenvalue weighted by Gasteiger charge is 2.35. The van der Waals surface area contributed by atoms with Crippen molar-refractivity contribution in [3.63, 3.8) is 0 Å². The fourth-order valence-corrected chi connectivity index (χ4v) is 1.67. The Balaban J connectivity index is 2.60. The maximum Gasteiger partial charge on any atom is 0.408 e. The molecule has 0 saturated carbocycles. The minimum atomic E-state index is -0.992. The van der Waals surface area contributed by atoms with E-state index in [0.29, 0.717) is 11.5 Å². The van der Waals surface area contributed by atoms with Gasteiger partial charge in [0.1, 0.15) is 12.6 Å². The van der Waals surface area contributed by atoms with Crippen molar-refractivity contribution in [2.24, 2.45) is 0 Å². The molecule has 0 aliphatic carbocycles. The van der Waals surface area contributed by atoms with Crippen molar-refractivity contribution in [3.8, 4) is 0 Å². The van der Waals surface area contributed by atoms with E-state index in [2.05, 4.69) is 11.9 Å². The molecule has 0 aromatic rings. The van der Waals surface area contributed by atoms with Crippen LogP contribution < -0.4 is 5.32 Å². The van der Waals surface area contributed by atoms with Crippen molar-refractivity contribution in [3.05, 3.63) is 12.7 Å². The van der Waals surface area contributed by atoms with Gasteiger partial charge in [0, 0.05) is 12.8 Å². The summed E-state index contributed by atoms with van der Waals surface area (Å²) in [7, 11) is 0. The van der Waals surface area contributed by atoms with Crippen molar-refractivity contribution >= 4 is 23.9 Å². The summed E-state index contributed by atoms with van der Waals surface area (Å²) < 4.78 is 4.71. The lowest BCUT2D eigenvalue weighted by Gasteiger charge is -2.19. The number of imide groups is 1. The molecule has 8 nitrogen and oxygen atoms in total. The summed E-state index contributed by atoms with van der Waals surface area (Å²) in [5.41, 5.74) is 0. The highest BCUT2D eigenvalue weighted by atomic mass is 16.7. The molecule has 0 aromatic heterocycles. The molecule has 1 fully saturated rings. The first-order chi connectivity index (χ1) is 9.99. The molecule has 0 bridgehead atoms. The van der Waals surface area contributed by atoms with Gasteiger partial charge in [-0.3, -0.25) is 9.59 Å². The molecule has 1 saturated heterocycles. The maximum atomic E-state index is 11.9. The van der Waals surface area contributed by atoms with Crippen molar-refractivity contribution in [1.29, 1.82) is 0 Å². The molecular formula is C13H18N2O6. The van der Waals surface area contributed by atoms with Crippen LogP contribution in [0.3, 0.4) is 0 Å². The summed E-state index contributed by atoms with van der Waals surface area (Å²) in [4.78, 5) is 50.9. The van der Waals surface area contributed by atoms with Crippen LogP contribution in [0.4, 0.5) is 4.79 Å². The molecule has 0 radical (unpaired) electrons. The molecule has 0 aromatic carbocycles. The minimum Gasteiger partial charge on any atom is -0.445 e. The molecule has 1 aliphatic rings. The van der Waals surface area contributed by atoms with Crippen LogP contribution in [-0.2, 0) is 24.0 Å². The number of hydroxylamine groups is 2. The number of hydrogen-bond acceptors (Lipinski definition) is 6. The van der Waals surface area contributed by atoms with Crippen LogP contribution in [0, 0.1) is 0 Å². The summed E-state index contributed by atoms with van der Waals surface area (Å²) in [6.07, 6.45) is 1.48.